The molecule has 0 bridgehead atoms. The molecule has 1 aromatic heterocycles. The predicted octanol–water partition coefficient (Wildman–Crippen LogP) is 1.17. The van der Waals surface area contributed by atoms with E-state index in [-0.39, 0.29) is 11.2 Å². The van der Waals surface area contributed by atoms with Gasteiger partial charge in [-0.3, -0.25) is 4.79 Å². The van der Waals surface area contributed by atoms with E-state index in [1.54, 1.807) is 0 Å². The van der Waals surface area contributed by atoms with Crippen molar-refractivity contribution in [2.24, 2.45) is 0 Å². The molecule has 1 saturated heterocycles. The van der Waals surface area contributed by atoms with Crippen LogP contribution in [0.15, 0.2) is 6.33 Å². The maximum absolute atomic E-state index is 10.9. The van der Waals surface area contributed by atoms with Crippen molar-refractivity contribution in [3.8, 4) is 0 Å². The number of aldehydes is 1. The van der Waals surface area contributed by atoms with Crippen LogP contribution in [-0.4, -0.2) is 42.6 Å². The summed E-state index contributed by atoms with van der Waals surface area (Å²) in [6.45, 7) is 1.39. The molecule has 0 aromatic carbocycles. The number of hydrogen-bond acceptors (Lipinski definition) is 5. The summed E-state index contributed by atoms with van der Waals surface area (Å²) in [6.07, 6.45) is 2.97. The van der Waals surface area contributed by atoms with E-state index in [1.165, 1.54) is 6.33 Å². The number of anilines is 1. The van der Waals surface area contributed by atoms with Gasteiger partial charge in [0.2, 0.25) is 0 Å². The van der Waals surface area contributed by atoms with Crippen LogP contribution in [0.4, 0.5) is 5.82 Å². The maximum atomic E-state index is 10.9. The van der Waals surface area contributed by atoms with Gasteiger partial charge in [-0.2, -0.15) is 0 Å². The Morgan fingerprint density at radius 1 is 1.62 bits per heavy atom. The van der Waals surface area contributed by atoms with Crippen molar-refractivity contribution in [1.82, 2.24) is 9.97 Å². The van der Waals surface area contributed by atoms with E-state index >= 15 is 0 Å². The second kappa shape index (κ2) is 4.76. The molecule has 1 atom stereocenters. The number of halogens is 1. The SMILES string of the molecule is CN(c1ncnc(Cl)c1C=O)C1CCOC1. The van der Waals surface area contributed by atoms with Crippen LogP contribution in [0.3, 0.4) is 0 Å². The highest BCUT2D eigenvalue weighted by Gasteiger charge is 2.24. The van der Waals surface area contributed by atoms with Gasteiger partial charge in [0.1, 0.15) is 17.3 Å². The predicted molar refractivity (Wildman–Crippen MR) is 60.1 cm³/mol. The first-order valence-electron chi connectivity index (χ1n) is 5.00. The summed E-state index contributed by atoms with van der Waals surface area (Å²) in [5.41, 5.74) is 0.332. The largest absolute Gasteiger partial charge is 0.379 e. The molecular weight excluding hydrogens is 230 g/mol. The van der Waals surface area contributed by atoms with Gasteiger partial charge in [0, 0.05) is 13.7 Å². The van der Waals surface area contributed by atoms with Gasteiger partial charge >= 0.3 is 0 Å². The summed E-state index contributed by atoms with van der Waals surface area (Å²) in [4.78, 5) is 20.7. The Morgan fingerprint density at radius 3 is 3.06 bits per heavy atom. The number of likely N-dealkylation sites (N-methyl/N-ethyl adjacent to an activating group) is 1. The molecule has 1 fully saturated rings. The Balaban J connectivity index is 2.31. The Morgan fingerprint density at radius 2 is 2.44 bits per heavy atom. The van der Waals surface area contributed by atoms with Gasteiger partial charge < -0.3 is 9.64 Å². The topological polar surface area (TPSA) is 55.3 Å². The summed E-state index contributed by atoms with van der Waals surface area (Å²) in [6, 6.07) is 0.240. The van der Waals surface area contributed by atoms with Gasteiger partial charge in [0.15, 0.2) is 6.29 Å². The number of carbonyl (C=O) groups is 1. The van der Waals surface area contributed by atoms with Gasteiger partial charge in [0.05, 0.1) is 18.2 Å². The fourth-order valence-electron chi connectivity index (χ4n) is 1.75. The summed E-state index contributed by atoms with van der Waals surface area (Å²) >= 11 is 5.84. The average molecular weight is 242 g/mol. The van der Waals surface area contributed by atoms with Gasteiger partial charge in [-0.05, 0) is 6.42 Å². The van der Waals surface area contributed by atoms with Crippen LogP contribution in [0, 0.1) is 0 Å². The lowest BCUT2D eigenvalue weighted by molar-refractivity contribution is 0.112. The van der Waals surface area contributed by atoms with E-state index in [1.807, 2.05) is 11.9 Å². The highest BCUT2D eigenvalue weighted by molar-refractivity contribution is 6.32. The smallest absolute Gasteiger partial charge is 0.156 e. The average Bonchev–Trinajstić information content (AvgIpc) is 2.81. The molecule has 6 heteroatoms. The second-order valence-corrected chi connectivity index (χ2v) is 4.01. The molecule has 5 nitrogen and oxygen atoms in total. The van der Waals surface area contributed by atoms with Gasteiger partial charge in [0.25, 0.3) is 0 Å². The highest BCUT2D eigenvalue weighted by atomic mass is 35.5. The normalized spacial score (nSPS) is 19.8. The second-order valence-electron chi connectivity index (χ2n) is 3.65. The lowest BCUT2D eigenvalue weighted by Gasteiger charge is -2.25. The quantitative estimate of drug-likeness (QED) is 0.587. The first-order valence-corrected chi connectivity index (χ1v) is 5.38. The maximum Gasteiger partial charge on any atom is 0.156 e. The third-order valence-corrected chi connectivity index (χ3v) is 3.02. The summed E-state index contributed by atoms with van der Waals surface area (Å²) in [5.74, 6) is 0.561. The van der Waals surface area contributed by atoms with E-state index < -0.39 is 0 Å². The molecule has 2 heterocycles. The molecule has 0 amide bonds. The number of ether oxygens (including phenoxy) is 1. The number of rotatable bonds is 3. The Bertz CT molecular complexity index is 394. The molecule has 86 valence electrons. The molecule has 1 unspecified atom stereocenters. The van der Waals surface area contributed by atoms with Crippen molar-refractivity contribution in [3.63, 3.8) is 0 Å². The van der Waals surface area contributed by atoms with Crippen LogP contribution in [0.2, 0.25) is 5.15 Å². The first kappa shape index (κ1) is 11.3. The molecule has 0 N–H and O–H groups in total. The van der Waals surface area contributed by atoms with Crippen molar-refractivity contribution >= 4 is 23.7 Å². The Kier molecular flexibility index (Phi) is 3.36. The van der Waals surface area contributed by atoms with Crippen LogP contribution < -0.4 is 4.90 Å². The molecule has 0 aliphatic carbocycles. The molecule has 0 radical (unpaired) electrons. The zero-order valence-electron chi connectivity index (χ0n) is 8.89. The molecule has 0 saturated carbocycles. The van der Waals surface area contributed by atoms with E-state index in [9.17, 15) is 4.79 Å². The number of aromatic nitrogens is 2. The van der Waals surface area contributed by atoms with Gasteiger partial charge in [-0.15, -0.1) is 0 Å². The molecular formula is C10H12ClN3O2. The molecule has 1 aromatic rings. The van der Waals surface area contributed by atoms with Crippen LogP contribution in [0.1, 0.15) is 16.8 Å². The summed E-state index contributed by atoms with van der Waals surface area (Å²) < 4.78 is 5.30. The van der Waals surface area contributed by atoms with Crippen LogP contribution >= 0.6 is 11.6 Å². The highest BCUT2D eigenvalue weighted by Crippen LogP contribution is 2.24. The van der Waals surface area contributed by atoms with Crippen LogP contribution in [0.5, 0.6) is 0 Å². The summed E-state index contributed by atoms with van der Waals surface area (Å²) in [5, 5.41) is 0.186. The Labute approximate surface area is 98.4 Å². The Hall–Kier alpha value is -1.20. The first-order chi connectivity index (χ1) is 7.74. The van der Waals surface area contributed by atoms with Crippen molar-refractivity contribution in [2.75, 3.05) is 25.2 Å². The monoisotopic (exact) mass is 241 g/mol. The minimum absolute atomic E-state index is 0.186. The minimum atomic E-state index is 0.186. The third kappa shape index (κ3) is 2.01. The fraction of sp³-hybridized carbons (Fsp3) is 0.500. The summed E-state index contributed by atoms with van der Waals surface area (Å²) in [7, 11) is 1.88. The van der Waals surface area contributed by atoms with E-state index in [2.05, 4.69) is 9.97 Å². The van der Waals surface area contributed by atoms with E-state index in [4.69, 9.17) is 16.3 Å². The van der Waals surface area contributed by atoms with Crippen molar-refractivity contribution in [3.05, 3.63) is 17.0 Å². The zero-order valence-corrected chi connectivity index (χ0v) is 9.65. The fourth-order valence-corrected chi connectivity index (χ4v) is 1.92. The van der Waals surface area contributed by atoms with Crippen molar-refractivity contribution in [1.29, 1.82) is 0 Å². The minimum Gasteiger partial charge on any atom is -0.379 e. The van der Waals surface area contributed by atoms with E-state index in [0.717, 1.165) is 13.0 Å². The molecule has 1 aliphatic heterocycles. The lowest BCUT2D eigenvalue weighted by atomic mass is 10.2. The van der Waals surface area contributed by atoms with Crippen LogP contribution in [-0.2, 0) is 4.74 Å². The molecule has 16 heavy (non-hydrogen) atoms. The van der Waals surface area contributed by atoms with Crippen LogP contribution in [0.25, 0.3) is 0 Å². The van der Waals surface area contributed by atoms with Gasteiger partial charge in [-0.25, -0.2) is 9.97 Å². The lowest BCUT2D eigenvalue weighted by Crippen LogP contribution is -2.33. The van der Waals surface area contributed by atoms with E-state index in [0.29, 0.717) is 24.3 Å². The van der Waals surface area contributed by atoms with Gasteiger partial charge in [-0.1, -0.05) is 11.6 Å². The standard InChI is InChI=1S/C10H12ClN3O2/c1-14(7-2-3-16-5-7)10-8(4-15)9(11)12-6-13-10/h4,6-7H,2-3,5H2,1H3. The molecule has 2 rings (SSSR count). The van der Waals surface area contributed by atoms with Crippen molar-refractivity contribution in [2.45, 2.75) is 12.5 Å². The third-order valence-electron chi connectivity index (χ3n) is 2.72. The van der Waals surface area contributed by atoms with Crippen molar-refractivity contribution < 1.29 is 9.53 Å². The molecule has 1 aliphatic rings. The number of hydrogen-bond donors (Lipinski definition) is 0. The molecule has 0 spiro atoms. The number of nitrogens with zero attached hydrogens (tertiary/aromatic N) is 3. The number of carbonyl (C=O) groups excluding carboxylic acids is 1. The zero-order chi connectivity index (χ0) is 11.5.